The summed E-state index contributed by atoms with van der Waals surface area (Å²) in [5, 5.41) is 21.5. The number of aromatic nitrogens is 2. The van der Waals surface area contributed by atoms with Crippen LogP contribution in [0.15, 0.2) is 36.4 Å². The Balaban J connectivity index is 1.89. The molecule has 0 aliphatic rings. The summed E-state index contributed by atoms with van der Waals surface area (Å²) >= 11 is 0. The third-order valence-electron chi connectivity index (χ3n) is 3.25. The Bertz CT molecular complexity index is 873. The predicted molar refractivity (Wildman–Crippen MR) is 85.6 cm³/mol. The van der Waals surface area contributed by atoms with Gasteiger partial charge in [-0.25, -0.2) is 9.78 Å². The molecule has 0 saturated heterocycles. The molecular formula is C16H15N3O4. The maximum atomic E-state index is 11.0. The van der Waals surface area contributed by atoms with Crippen molar-refractivity contribution in [2.45, 2.75) is 6.92 Å². The van der Waals surface area contributed by atoms with Gasteiger partial charge in [-0.1, -0.05) is 0 Å². The van der Waals surface area contributed by atoms with Gasteiger partial charge in [0.2, 0.25) is 5.95 Å². The van der Waals surface area contributed by atoms with Crippen LogP contribution in [0.5, 0.6) is 11.5 Å². The molecule has 0 saturated carbocycles. The summed E-state index contributed by atoms with van der Waals surface area (Å²) in [7, 11) is 0. The molecule has 0 atom stereocenters. The molecule has 0 aliphatic carbocycles. The second-order valence-electron chi connectivity index (χ2n) is 4.86. The lowest BCUT2D eigenvalue weighted by Crippen LogP contribution is -1.99. The number of aromatic amines is 1. The Morgan fingerprint density at radius 1 is 1.30 bits per heavy atom. The van der Waals surface area contributed by atoms with Gasteiger partial charge in [-0.2, -0.15) is 0 Å². The molecule has 3 rings (SSSR count). The molecule has 118 valence electrons. The number of nitrogens with zero attached hydrogens (tertiary/aromatic N) is 1. The van der Waals surface area contributed by atoms with Gasteiger partial charge in [0.25, 0.3) is 0 Å². The molecule has 0 amide bonds. The fourth-order valence-corrected chi connectivity index (χ4v) is 2.23. The fraction of sp³-hybridized carbons (Fsp3) is 0.125. The van der Waals surface area contributed by atoms with E-state index in [0.29, 0.717) is 18.2 Å². The average Bonchev–Trinajstić information content (AvgIpc) is 2.91. The first kappa shape index (κ1) is 14.7. The molecule has 0 aliphatic heterocycles. The number of H-pyrrole nitrogens is 1. The molecule has 7 heteroatoms. The first-order chi connectivity index (χ1) is 11.1. The second kappa shape index (κ2) is 5.88. The van der Waals surface area contributed by atoms with Crippen LogP contribution in [-0.4, -0.2) is 32.8 Å². The lowest BCUT2D eigenvalue weighted by Gasteiger charge is -2.05. The molecule has 0 unspecified atom stereocenters. The third kappa shape index (κ3) is 3.03. The summed E-state index contributed by atoms with van der Waals surface area (Å²) in [6.07, 6.45) is 0. The number of hydrogen-bond donors (Lipinski definition) is 4. The Morgan fingerprint density at radius 3 is 2.87 bits per heavy atom. The second-order valence-corrected chi connectivity index (χ2v) is 4.86. The SMILES string of the molecule is CCOc1ccc2nc(Nc3ccc(O)c(C(=O)O)c3)[nH]c2c1. The molecule has 0 bridgehead atoms. The van der Waals surface area contributed by atoms with Crippen molar-refractivity contribution in [2.75, 3.05) is 11.9 Å². The molecular weight excluding hydrogens is 298 g/mol. The number of fused-ring (bicyclic) bond motifs is 1. The highest BCUT2D eigenvalue weighted by atomic mass is 16.5. The van der Waals surface area contributed by atoms with Gasteiger partial charge in [0.1, 0.15) is 17.1 Å². The molecule has 0 radical (unpaired) electrons. The first-order valence-corrected chi connectivity index (χ1v) is 7.02. The van der Waals surface area contributed by atoms with E-state index < -0.39 is 5.97 Å². The normalized spacial score (nSPS) is 10.7. The van der Waals surface area contributed by atoms with Gasteiger partial charge < -0.3 is 25.3 Å². The maximum absolute atomic E-state index is 11.0. The molecule has 1 heterocycles. The summed E-state index contributed by atoms with van der Waals surface area (Å²) in [5.41, 5.74) is 1.89. The van der Waals surface area contributed by atoms with E-state index in [0.717, 1.165) is 16.8 Å². The smallest absolute Gasteiger partial charge is 0.339 e. The number of carboxylic acid groups (broad SMARTS) is 1. The molecule has 0 spiro atoms. The van der Waals surface area contributed by atoms with Gasteiger partial charge in [0.05, 0.1) is 17.6 Å². The first-order valence-electron chi connectivity index (χ1n) is 7.02. The van der Waals surface area contributed by atoms with Gasteiger partial charge >= 0.3 is 5.97 Å². The average molecular weight is 313 g/mol. The number of imidazole rings is 1. The number of hydrogen-bond acceptors (Lipinski definition) is 5. The summed E-state index contributed by atoms with van der Waals surface area (Å²) in [6.45, 7) is 2.49. The van der Waals surface area contributed by atoms with E-state index >= 15 is 0 Å². The van der Waals surface area contributed by atoms with Crippen LogP contribution in [0.25, 0.3) is 11.0 Å². The monoisotopic (exact) mass is 313 g/mol. The van der Waals surface area contributed by atoms with Gasteiger partial charge in [-0.15, -0.1) is 0 Å². The van der Waals surface area contributed by atoms with Crippen LogP contribution >= 0.6 is 0 Å². The van der Waals surface area contributed by atoms with Gasteiger partial charge in [0.15, 0.2) is 0 Å². The lowest BCUT2D eigenvalue weighted by atomic mass is 10.2. The minimum atomic E-state index is -1.20. The van der Waals surface area contributed by atoms with E-state index in [9.17, 15) is 9.90 Å². The van der Waals surface area contributed by atoms with Crippen molar-refractivity contribution >= 4 is 28.6 Å². The molecule has 0 fully saturated rings. The van der Waals surface area contributed by atoms with Crippen molar-refractivity contribution in [3.8, 4) is 11.5 Å². The molecule has 3 aromatic rings. The Hall–Kier alpha value is -3.22. The Morgan fingerprint density at radius 2 is 2.13 bits per heavy atom. The Kier molecular flexibility index (Phi) is 3.76. The van der Waals surface area contributed by atoms with Crippen LogP contribution in [0, 0.1) is 0 Å². The van der Waals surface area contributed by atoms with E-state index in [4.69, 9.17) is 9.84 Å². The highest BCUT2D eigenvalue weighted by Crippen LogP contribution is 2.25. The number of carbonyl (C=O) groups is 1. The zero-order chi connectivity index (χ0) is 16.4. The van der Waals surface area contributed by atoms with E-state index in [1.165, 1.54) is 12.1 Å². The summed E-state index contributed by atoms with van der Waals surface area (Å²) in [4.78, 5) is 18.5. The molecule has 2 aromatic carbocycles. The van der Waals surface area contributed by atoms with Crippen molar-refractivity contribution in [1.82, 2.24) is 9.97 Å². The largest absolute Gasteiger partial charge is 0.507 e. The summed E-state index contributed by atoms with van der Waals surface area (Å²) in [5.74, 6) is -0.269. The zero-order valence-electron chi connectivity index (χ0n) is 12.3. The quantitative estimate of drug-likeness (QED) is 0.539. The topological polar surface area (TPSA) is 107 Å². The summed E-state index contributed by atoms with van der Waals surface area (Å²) in [6, 6.07) is 9.75. The number of ether oxygens (including phenoxy) is 1. The van der Waals surface area contributed by atoms with Crippen molar-refractivity contribution in [3.05, 3.63) is 42.0 Å². The molecule has 7 nitrogen and oxygen atoms in total. The van der Waals surface area contributed by atoms with Gasteiger partial charge in [-0.3, -0.25) is 0 Å². The standard InChI is InChI=1S/C16H15N3O4/c1-2-23-10-4-5-12-13(8-10)19-16(18-12)17-9-3-6-14(20)11(7-9)15(21)22/h3-8,20H,2H2,1H3,(H,21,22)(H2,17,18,19). The number of aromatic carboxylic acids is 1. The number of anilines is 2. The minimum absolute atomic E-state index is 0.176. The molecule has 23 heavy (non-hydrogen) atoms. The van der Waals surface area contributed by atoms with Crippen LogP contribution in [0.3, 0.4) is 0 Å². The van der Waals surface area contributed by atoms with Crippen LogP contribution in [-0.2, 0) is 0 Å². The van der Waals surface area contributed by atoms with Crippen molar-refractivity contribution in [1.29, 1.82) is 0 Å². The zero-order valence-corrected chi connectivity index (χ0v) is 12.3. The highest BCUT2D eigenvalue weighted by Gasteiger charge is 2.11. The Labute approximate surface area is 131 Å². The number of carboxylic acids is 1. The van der Waals surface area contributed by atoms with Crippen LogP contribution in [0.4, 0.5) is 11.6 Å². The van der Waals surface area contributed by atoms with Crippen LogP contribution in [0.1, 0.15) is 17.3 Å². The maximum Gasteiger partial charge on any atom is 0.339 e. The highest BCUT2D eigenvalue weighted by molar-refractivity contribution is 5.92. The van der Waals surface area contributed by atoms with E-state index in [2.05, 4.69) is 15.3 Å². The fourth-order valence-electron chi connectivity index (χ4n) is 2.23. The third-order valence-corrected chi connectivity index (χ3v) is 3.25. The number of aromatic hydroxyl groups is 1. The number of nitrogens with one attached hydrogen (secondary N) is 2. The summed E-state index contributed by atoms with van der Waals surface area (Å²) < 4.78 is 5.44. The van der Waals surface area contributed by atoms with E-state index in [1.54, 1.807) is 6.07 Å². The number of rotatable bonds is 5. The van der Waals surface area contributed by atoms with E-state index in [-0.39, 0.29) is 11.3 Å². The molecule has 1 aromatic heterocycles. The number of benzene rings is 2. The predicted octanol–water partition coefficient (Wildman–Crippen LogP) is 3.11. The minimum Gasteiger partial charge on any atom is -0.507 e. The number of phenols is 1. The van der Waals surface area contributed by atoms with Crippen LogP contribution in [0.2, 0.25) is 0 Å². The lowest BCUT2D eigenvalue weighted by molar-refractivity contribution is 0.0694. The van der Waals surface area contributed by atoms with Crippen LogP contribution < -0.4 is 10.1 Å². The van der Waals surface area contributed by atoms with Crippen molar-refractivity contribution in [2.24, 2.45) is 0 Å². The van der Waals surface area contributed by atoms with E-state index in [1.807, 2.05) is 25.1 Å². The molecule has 4 N–H and O–H groups in total. The van der Waals surface area contributed by atoms with Gasteiger partial charge in [-0.05, 0) is 37.3 Å². The van der Waals surface area contributed by atoms with Gasteiger partial charge in [0, 0.05) is 11.8 Å². The van der Waals surface area contributed by atoms with Crippen molar-refractivity contribution in [3.63, 3.8) is 0 Å². The van der Waals surface area contributed by atoms with Crippen molar-refractivity contribution < 1.29 is 19.7 Å².